The van der Waals surface area contributed by atoms with Crippen LogP contribution in [-0.4, -0.2) is 23.9 Å². The summed E-state index contributed by atoms with van der Waals surface area (Å²) in [5.74, 6) is 1.63. The highest BCUT2D eigenvalue weighted by molar-refractivity contribution is 5.91. The van der Waals surface area contributed by atoms with Gasteiger partial charge in [-0.15, -0.1) is 0 Å². The normalized spacial score (nSPS) is 21.5. The maximum atomic E-state index is 4.41. The lowest BCUT2D eigenvalue weighted by molar-refractivity contribution is 0.670. The van der Waals surface area contributed by atoms with E-state index in [2.05, 4.69) is 63.6 Å². The number of aromatic nitrogens is 1. The Kier molecular flexibility index (Phi) is 6.73. The molecule has 0 radical (unpaired) electrons. The van der Waals surface area contributed by atoms with Crippen LogP contribution in [-0.2, 0) is 6.42 Å². The van der Waals surface area contributed by atoms with E-state index in [1.807, 2.05) is 36.8 Å². The van der Waals surface area contributed by atoms with Crippen LogP contribution in [0, 0.1) is 11.8 Å². The zero-order valence-corrected chi connectivity index (χ0v) is 15.0. The van der Waals surface area contributed by atoms with Gasteiger partial charge in [-0.25, -0.2) is 4.99 Å². The predicted molar refractivity (Wildman–Crippen MR) is 109 cm³/mol. The average Bonchev–Trinajstić information content (AvgIpc) is 3.16. The monoisotopic (exact) mass is 346 g/mol. The summed E-state index contributed by atoms with van der Waals surface area (Å²) in [7, 11) is 0. The summed E-state index contributed by atoms with van der Waals surface area (Å²) in [4.78, 5) is 8.75. The lowest BCUT2D eigenvalue weighted by atomic mass is 9.84. The van der Waals surface area contributed by atoms with E-state index in [1.165, 1.54) is 5.57 Å². The number of pyridine rings is 1. The van der Waals surface area contributed by atoms with Crippen molar-refractivity contribution in [2.45, 2.75) is 12.8 Å². The molecule has 0 aliphatic carbocycles. The number of rotatable bonds is 9. The molecule has 134 valence electrons. The zero-order valence-electron chi connectivity index (χ0n) is 15.0. The minimum atomic E-state index is 0.298. The van der Waals surface area contributed by atoms with Gasteiger partial charge < -0.3 is 10.6 Å². The molecule has 0 aromatic carbocycles. The van der Waals surface area contributed by atoms with Crippen LogP contribution in [0.4, 0.5) is 0 Å². The summed E-state index contributed by atoms with van der Waals surface area (Å²) >= 11 is 0. The number of hydrogen-bond acceptors (Lipinski definition) is 4. The van der Waals surface area contributed by atoms with E-state index >= 15 is 0 Å². The second-order valence-corrected chi connectivity index (χ2v) is 6.33. The molecule has 2 unspecified atom stereocenters. The zero-order chi connectivity index (χ0) is 18.0. The van der Waals surface area contributed by atoms with Gasteiger partial charge in [0, 0.05) is 42.9 Å². The molecule has 0 bridgehead atoms. The minimum Gasteiger partial charge on any atom is -0.350 e. The molecule has 2 aliphatic heterocycles. The third kappa shape index (κ3) is 4.90. The second-order valence-electron chi connectivity index (χ2n) is 6.33. The van der Waals surface area contributed by atoms with Gasteiger partial charge in [-0.3, -0.25) is 4.98 Å². The number of allylic oxidation sites excluding steroid dienone is 5. The topological polar surface area (TPSA) is 49.3 Å². The number of fused-ring (bicyclic) bond motifs is 1. The smallest absolute Gasteiger partial charge is 0.113 e. The summed E-state index contributed by atoms with van der Waals surface area (Å²) in [6.07, 6.45) is 20.4. The third-order valence-electron chi connectivity index (χ3n) is 4.52. The van der Waals surface area contributed by atoms with Crippen LogP contribution in [0.2, 0.25) is 0 Å². The van der Waals surface area contributed by atoms with Crippen molar-refractivity contribution in [3.05, 3.63) is 91.1 Å². The molecule has 0 spiro atoms. The van der Waals surface area contributed by atoms with Crippen molar-refractivity contribution in [3.8, 4) is 0 Å². The molecular formula is C22H26N4. The van der Waals surface area contributed by atoms with Crippen LogP contribution in [0.3, 0.4) is 0 Å². The van der Waals surface area contributed by atoms with Crippen molar-refractivity contribution in [2.24, 2.45) is 16.8 Å². The molecule has 3 rings (SSSR count). The highest BCUT2D eigenvalue weighted by Gasteiger charge is 2.28. The highest BCUT2D eigenvalue weighted by atomic mass is 15.0. The van der Waals surface area contributed by atoms with Crippen LogP contribution < -0.4 is 10.6 Å². The Labute approximate surface area is 155 Å². The van der Waals surface area contributed by atoms with E-state index in [0.29, 0.717) is 11.8 Å². The molecule has 4 heteroatoms. The summed E-state index contributed by atoms with van der Waals surface area (Å²) < 4.78 is 0. The summed E-state index contributed by atoms with van der Waals surface area (Å²) in [6.45, 7) is 5.77. The van der Waals surface area contributed by atoms with E-state index in [0.717, 1.165) is 37.5 Å². The van der Waals surface area contributed by atoms with E-state index in [1.54, 1.807) is 0 Å². The highest BCUT2D eigenvalue weighted by Crippen LogP contribution is 2.30. The maximum Gasteiger partial charge on any atom is 0.113 e. The first-order valence-electron chi connectivity index (χ1n) is 9.16. The van der Waals surface area contributed by atoms with Gasteiger partial charge in [0.2, 0.25) is 0 Å². The van der Waals surface area contributed by atoms with Crippen molar-refractivity contribution in [1.29, 1.82) is 0 Å². The fourth-order valence-corrected chi connectivity index (χ4v) is 3.20. The molecule has 0 saturated heterocycles. The summed E-state index contributed by atoms with van der Waals surface area (Å²) in [6, 6.07) is 6.04. The van der Waals surface area contributed by atoms with E-state index in [9.17, 15) is 0 Å². The molecule has 0 saturated carbocycles. The standard InChI is InChI=1S/C22H26N4/c1-2-7-18(20-11-16-25-22-21(20)12-17-26-22)8-3-5-13-23-15-10-19-9-4-6-14-24-19/h2-4,6-9,11-12,14,16-17,20-21,23H,1,5,10,13,15H2,(H,25,26)/b8-3-,18-7+. The largest absolute Gasteiger partial charge is 0.350 e. The van der Waals surface area contributed by atoms with Gasteiger partial charge in [-0.05, 0) is 36.9 Å². The molecule has 2 N–H and O–H groups in total. The molecule has 4 nitrogen and oxygen atoms in total. The molecule has 2 aliphatic rings. The van der Waals surface area contributed by atoms with Gasteiger partial charge in [0.25, 0.3) is 0 Å². The van der Waals surface area contributed by atoms with Crippen LogP contribution in [0.25, 0.3) is 0 Å². The van der Waals surface area contributed by atoms with Crippen LogP contribution in [0.1, 0.15) is 12.1 Å². The van der Waals surface area contributed by atoms with Gasteiger partial charge in [0.15, 0.2) is 0 Å². The average molecular weight is 346 g/mol. The molecule has 1 aromatic heterocycles. The molecule has 26 heavy (non-hydrogen) atoms. The number of amidine groups is 1. The van der Waals surface area contributed by atoms with Crippen molar-refractivity contribution >= 4 is 5.84 Å². The fraction of sp³-hybridized carbons (Fsp3) is 0.273. The molecule has 1 aromatic rings. The van der Waals surface area contributed by atoms with Gasteiger partial charge in [-0.2, -0.15) is 0 Å². The Morgan fingerprint density at radius 3 is 3.08 bits per heavy atom. The Hall–Kier alpha value is -2.72. The minimum absolute atomic E-state index is 0.298. The first kappa shape index (κ1) is 18.1. The molecule has 2 atom stereocenters. The second kappa shape index (κ2) is 9.68. The Bertz CT molecular complexity index is 741. The van der Waals surface area contributed by atoms with Gasteiger partial charge in [-0.1, -0.05) is 49.1 Å². The maximum absolute atomic E-state index is 4.41. The summed E-state index contributed by atoms with van der Waals surface area (Å²) in [5.41, 5.74) is 2.39. The first-order valence-corrected chi connectivity index (χ1v) is 9.16. The fourth-order valence-electron chi connectivity index (χ4n) is 3.20. The van der Waals surface area contributed by atoms with E-state index in [-0.39, 0.29) is 0 Å². The lowest BCUT2D eigenvalue weighted by Crippen LogP contribution is -2.27. The van der Waals surface area contributed by atoms with E-state index in [4.69, 9.17) is 0 Å². The number of aliphatic imine (C=N–C) groups is 1. The van der Waals surface area contributed by atoms with Gasteiger partial charge >= 0.3 is 0 Å². The number of nitrogens with one attached hydrogen (secondary N) is 2. The first-order chi connectivity index (χ1) is 12.9. The Morgan fingerprint density at radius 1 is 1.27 bits per heavy atom. The van der Waals surface area contributed by atoms with Crippen LogP contribution in [0.5, 0.6) is 0 Å². The molecule has 3 heterocycles. The van der Waals surface area contributed by atoms with Crippen LogP contribution in [0.15, 0.2) is 90.4 Å². The lowest BCUT2D eigenvalue weighted by Gasteiger charge is -2.23. The molecule has 0 fully saturated rings. The van der Waals surface area contributed by atoms with Crippen molar-refractivity contribution < 1.29 is 0 Å². The van der Waals surface area contributed by atoms with Gasteiger partial charge in [0.1, 0.15) is 5.84 Å². The quantitative estimate of drug-likeness (QED) is 0.531. The predicted octanol–water partition coefficient (Wildman–Crippen LogP) is 3.55. The van der Waals surface area contributed by atoms with Crippen molar-refractivity contribution in [2.75, 3.05) is 13.1 Å². The molecular weight excluding hydrogens is 320 g/mol. The van der Waals surface area contributed by atoms with Crippen LogP contribution >= 0.6 is 0 Å². The van der Waals surface area contributed by atoms with Crippen molar-refractivity contribution in [3.63, 3.8) is 0 Å². The molecule has 0 amide bonds. The van der Waals surface area contributed by atoms with Crippen molar-refractivity contribution in [1.82, 2.24) is 15.6 Å². The summed E-state index contributed by atoms with van der Waals surface area (Å²) in [5, 5.41) is 6.69. The number of hydrogen-bond donors (Lipinski definition) is 2. The van der Waals surface area contributed by atoms with Gasteiger partial charge in [0.05, 0.1) is 0 Å². The number of nitrogens with zero attached hydrogens (tertiary/aromatic N) is 2. The van der Waals surface area contributed by atoms with E-state index < -0.39 is 0 Å². The Morgan fingerprint density at radius 2 is 2.23 bits per heavy atom. The SMILES string of the molecule is C=C/C=C(\C=C/CCNCCc1ccccn1)C1C=CN=C2NC=CC21. The third-order valence-corrected chi connectivity index (χ3v) is 4.52. The Balaban J connectivity index is 1.44.